The number of halogens is 4. The summed E-state index contributed by atoms with van der Waals surface area (Å²) in [5.74, 6) is -0.872. The second-order valence-electron chi connectivity index (χ2n) is 6.61. The van der Waals surface area contributed by atoms with E-state index >= 15 is 0 Å². The highest BCUT2D eigenvalue weighted by Gasteiger charge is 2.30. The molecule has 31 heavy (non-hydrogen) atoms. The van der Waals surface area contributed by atoms with Crippen LogP contribution in [0.1, 0.15) is 28.4 Å². The highest BCUT2D eigenvalue weighted by molar-refractivity contribution is 6.30. The van der Waals surface area contributed by atoms with E-state index in [1.54, 1.807) is 36.4 Å². The average molecular weight is 448 g/mol. The van der Waals surface area contributed by atoms with E-state index < -0.39 is 23.8 Å². The molecule has 0 aliphatic rings. The number of aliphatic hydroxyl groups excluding tert-OH is 1. The van der Waals surface area contributed by atoms with Gasteiger partial charge in [0.15, 0.2) is 0 Å². The molecular weight excluding hydrogens is 431 g/mol. The molecule has 0 amide bonds. The van der Waals surface area contributed by atoms with Gasteiger partial charge in [-0.2, -0.15) is 13.2 Å². The first kappa shape index (κ1) is 22.5. The van der Waals surface area contributed by atoms with Crippen LogP contribution in [0, 0.1) is 0 Å². The van der Waals surface area contributed by atoms with E-state index in [1.165, 1.54) is 30.6 Å². The molecule has 0 saturated heterocycles. The molecule has 2 aromatic carbocycles. The Kier molecular flexibility index (Phi) is 7.09. The van der Waals surface area contributed by atoms with Gasteiger partial charge in [-0.1, -0.05) is 41.9 Å². The van der Waals surface area contributed by atoms with E-state index in [1.807, 2.05) is 0 Å². The molecule has 3 rings (SSSR count). The molecule has 0 fully saturated rings. The van der Waals surface area contributed by atoms with Crippen LogP contribution in [0.3, 0.4) is 0 Å². The first-order valence-electron chi connectivity index (χ1n) is 9.12. The lowest BCUT2D eigenvalue weighted by atomic mass is 10.0. The maximum absolute atomic E-state index is 12.9. The lowest BCUT2D eigenvalue weighted by Crippen LogP contribution is -2.15. The molecule has 160 valence electrons. The van der Waals surface area contributed by atoms with Crippen molar-refractivity contribution in [1.82, 2.24) is 4.98 Å². The second kappa shape index (κ2) is 9.76. The number of aliphatic hydroxyl groups is 1. The van der Waals surface area contributed by atoms with Gasteiger partial charge in [0.05, 0.1) is 11.1 Å². The molecule has 0 spiro atoms. The van der Waals surface area contributed by atoms with Crippen LogP contribution in [0.5, 0.6) is 0 Å². The van der Waals surface area contributed by atoms with Crippen molar-refractivity contribution >= 4 is 23.6 Å². The number of esters is 1. The van der Waals surface area contributed by atoms with Crippen LogP contribution in [0.2, 0.25) is 5.02 Å². The van der Waals surface area contributed by atoms with Gasteiger partial charge in [0.1, 0.15) is 12.7 Å². The van der Waals surface area contributed by atoms with Crippen LogP contribution in [-0.4, -0.2) is 16.1 Å². The molecule has 1 unspecified atom stereocenters. The number of hydrogen-bond acceptors (Lipinski definition) is 4. The third-order valence-electron chi connectivity index (χ3n) is 4.35. The van der Waals surface area contributed by atoms with Crippen molar-refractivity contribution in [2.24, 2.45) is 0 Å². The Morgan fingerprint density at radius 3 is 2.52 bits per heavy atom. The summed E-state index contributed by atoms with van der Waals surface area (Å²) >= 11 is 5.88. The highest BCUT2D eigenvalue weighted by Crippen LogP contribution is 2.30. The summed E-state index contributed by atoms with van der Waals surface area (Å²) in [6.45, 7) is -0.388. The van der Waals surface area contributed by atoms with E-state index in [0.29, 0.717) is 16.1 Å². The van der Waals surface area contributed by atoms with Gasteiger partial charge in [-0.15, -0.1) is 0 Å². The van der Waals surface area contributed by atoms with Crippen LogP contribution in [-0.2, 0) is 22.3 Å². The quantitative estimate of drug-likeness (QED) is 0.394. The molecule has 3 aromatic rings. The normalized spacial score (nSPS) is 13.0. The Hall–Kier alpha value is -3.16. The first-order chi connectivity index (χ1) is 14.7. The number of alkyl halides is 3. The predicted molar refractivity (Wildman–Crippen MR) is 110 cm³/mol. The minimum absolute atomic E-state index is 0.0951. The monoisotopic (exact) mass is 447 g/mol. The number of ether oxygens (including phenoxy) is 1. The number of aromatic nitrogens is 1. The zero-order valence-corrected chi connectivity index (χ0v) is 16.8. The SMILES string of the molecule is O=C(OCc1cccc(C(F)(F)F)c1)/C(=C\c1ccc(Cl)cc1)C(O)c1cccnc1. The topological polar surface area (TPSA) is 59.4 Å². The number of carbonyl (C=O) groups is 1. The molecule has 0 aliphatic carbocycles. The van der Waals surface area contributed by atoms with Gasteiger partial charge in [0, 0.05) is 23.0 Å². The Labute approximate surface area is 181 Å². The summed E-state index contributed by atoms with van der Waals surface area (Å²) < 4.78 is 43.9. The Balaban J connectivity index is 1.85. The second-order valence-corrected chi connectivity index (χ2v) is 7.05. The van der Waals surface area contributed by atoms with Crippen molar-refractivity contribution in [2.75, 3.05) is 0 Å². The minimum Gasteiger partial charge on any atom is -0.457 e. The lowest BCUT2D eigenvalue weighted by Gasteiger charge is -2.15. The largest absolute Gasteiger partial charge is 0.457 e. The average Bonchev–Trinajstić information content (AvgIpc) is 2.77. The molecule has 8 heteroatoms. The molecule has 0 bridgehead atoms. The third-order valence-corrected chi connectivity index (χ3v) is 4.60. The maximum atomic E-state index is 12.9. The molecular formula is C23H17ClF3NO3. The number of hydrogen-bond donors (Lipinski definition) is 1. The molecule has 0 radical (unpaired) electrons. The zero-order valence-electron chi connectivity index (χ0n) is 16.0. The van der Waals surface area contributed by atoms with Gasteiger partial charge in [0.25, 0.3) is 0 Å². The van der Waals surface area contributed by atoms with Gasteiger partial charge in [-0.3, -0.25) is 4.98 Å². The standard InChI is InChI=1S/C23H17ClF3NO3/c24-19-8-6-15(7-9-19)12-20(21(29)17-4-2-10-28-13-17)22(30)31-14-16-3-1-5-18(11-16)23(25,26)27/h1-13,21,29H,14H2/b20-12-. The van der Waals surface area contributed by atoms with Gasteiger partial charge in [-0.05, 0) is 47.5 Å². The van der Waals surface area contributed by atoms with Crippen molar-refractivity contribution < 1.29 is 27.8 Å². The van der Waals surface area contributed by atoms with E-state index in [2.05, 4.69) is 4.98 Å². The van der Waals surface area contributed by atoms with E-state index in [-0.39, 0.29) is 17.7 Å². The van der Waals surface area contributed by atoms with Crippen LogP contribution in [0.25, 0.3) is 6.08 Å². The highest BCUT2D eigenvalue weighted by atomic mass is 35.5. The summed E-state index contributed by atoms with van der Waals surface area (Å²) in [6.07, 6.45) is -1.50. The lowest BCUT2D eigenvalue weighted by molar-refractivity contribution is -0.141. The van der Waals surface area contributed by atoms with Gasteiger partial charge >= 0.3 is 12.1 Å². The number of rotatable bonds is 6. The molecule has 1 N–H and O–H groups in total. The number of pyridine rings is 1. The van der Waals surface area contributed by atoms with Crippen LogP contribution in [0.15, 0.2) is 78.6 Å². The Bertz CT molecular complexity index is 1070. The molecule has 0 aliphatic heterocycles. The summed E-state index contributed by atoms with van der Waals surface area (Å²) in [4.78, 5) is 16.7. The third kappa shape index (κ3) is 6.16. The van der Waals surface area contributed by atoms with E-state index in [4.69, 9.17) is 16.3 Å². The summed E-state index contributed by atoms with van der Waals surface area (Å²) in [6, 6.07) is 14.2. The fourth-order valence-corrected chi connectivity index (χ4v) is 2.90. The Morgan fingerprint density at radius 1 is 1.13 bits per heavy atom. The summed E-state index contributed by atoms with van der Waals surface area (Å²) in [7, 11) is 0. The van der Waals surface area contributed by atoms with E-state index in [9.17, 15) is 23.1 Å². The number of carbonyl (C=O) groups excluding carboxylic acids is 1. The fourth-order valence-electron chi connectivity index (χ4n) is 2.77. The van der Waals surface area contributed by atoms with Crippen molar-refractivity contribution in [3.05, 3.63) is 106 Å². The smallest absolute Gasteiger partial charge is 0.416 e. The number of benzene rings is 2. The number of nitrogens with zero attached hydrogens (tertiary/aromatic N) is 1. The molecule has 1 heterocycles. The zero-order chi connectivity index (χ0) is 22.4. The molecule has 1 aromatic heterocycles. The van der Waals surface area contributed by atoms with E-state index in [0.717, 1.165) is 12.1 Å². The van der Waals surface area contributed by atoms with Crippen molar-refractivity contribution in [3.8, 4) is 0 Å². The van der Waals surface area contributed by atoms with Gasteiger partial charge < -0.3 is 9.84 Å². The van der Waals surface area contributed by atoms with Gasteiger partial charge in [0.2, 0.25) is 0 Å². The van der Waals surface area contributed by atoms with Crippen molar-refractivity contribution in [3.63, 3.8) is 0 Å². The fraction of sp³-hybridized carbons (Fsp3) is 0.130. The Morgan fingerprint density at radius 2 is 1.87 bits per heavy atom. The molecule has 0 saturated carbocycles. The van der Waals surface area contributed by atoms with Crippen LogP contribution in [0.4, 0.5) is 13.2 Å². The summed E-state index contributed by atoms with van der Waals surface area (Å²) in [5.41, 5.74) is 0.178. The molecule has 1 atom stereocenters. The summed E-state index contributed by atoms with van der Waals surface area (Å²) in [5, 5.41) is 11.2. The van der Waals surface area contributed by atoms with Crippen LogP contribution >= 0.6 is 11.6 Å². The maximum Gasteiger partial charge on any atom is 0.416 e. The van der Waals surface area contributed by atoms with Crippen molar-refractivity contribution in [2.45, 2.75) is 18.9 Å². The van der Waals surface area contributed by atoms with Crippen LogP contribution < -0.4 is 0 Å². The van der Waals surface area contributed by atoms with Gasteiger partial charge in [-0.25, -0.2) is 4.79 Å². The minimum atomic E-state index is -4.50. The first-order valence-corrected chi connectivity index (χ1v) is 9.50. The van der Waals surface area contributed by atoms with Crippen molar-refractivity contribution in [1.29, 1.82) is 0 Å². The molecule has 4 nitrogen and oxygen atoms in total. The predicted octanol–water partition coefficient (Wildman–Crippen LogP) is 5.61.